The van der Waals surface area contributed by atoms with Gasteiger partial charge in [0.25, 0.3) is 0 Å². The van der Waals surface area contributed by atoms with Crippen LogP contribution in [0.25, 0.3) is 0 Å². The van der Waals surface area contributed by atoms with Crippen LogP contribution >= 0.6 is 7.82 Å². The van der Waals surface area contributed by atoms with Gasteiger partial charge in [-0.2, -0.15) is 0 Å². The summed E-state index contributed by atoms with van der Waals surface area (Å²) >= 11 is 0. The molecule has 0 rings (SSSR count). The van der Waals surface area contributed by atoms with E-state index in [4.69, 9.17) is 9.05 Å². The number of rotatable bonds is 61. The predicted molar refractivity (Wildman–Crippen MR) is 319 cm³/mol. The molecule has 1 amide bonds. The van der Waals surface area contributed by atoms with Crippen molar-refractivity contribution >= 4 is 13.7 Å². The molecule has 73 heavy (non-hydrogen) atoms. The Morgan fingerprint density at radius 2 is 0.740 bits per heavy atom. The minimum atomic E-state index is -4.32. The van der Waals surface area contributed by atoms with Crippen molar-refractivity contribution in [1.82, 2.24) is 5.32 Å². The second-order valence-corrected chi connectivity index (χ2v) is 25.3. The van der Waals surface area contributed by atoms with Gasteiger partial charge in [0.15, 0.2) is 0 Å². The lowest BCUT2D eigenvalue weighted by Gasteiger charge is -2.26. The van der Waals surface area contributed by atoms with Gasteiger partial charge in [-0.1, -0.05) is 309 Å². The van der Waals surface area contributed by atoms with Gasteiger partial charge in [0.05, 0.1) is 39.9 Å². The molecule has 0 aromatic carbocycles. The van der Waals surface area contributed by atoms with Crippen LogP contribution in [0.2, 0.25) is 0 Å². The number of nitrogens with zero attached hydrogens (tertiary/aromatic N) is 1. The predicted octanol–water partition coefficient (Wildman–Crippen LogP) is 20.2. The number of carbonyl (C=O) groups is 1. The van der Waals surface area contributed by atoms with Crippen LogP contribution in [0.1, 0.15) is 341 Å². The van der Waals surface area contributed by atoms with Crippen LogP contribution in [0.15, 0.2) is 12.2 Å². The molecule has 0 heterocycles. The normalized spacial score (nSPS) is 13.8. The number of hydrogen-bond acceptors (Lipinski definition) is 5. The molecular weight excluding hydrogens is 924 g/mol. The van der Waals surface area contributed by atoms with Crippen molar-refractivity contribution in [3.63, 3.8) is 0 Å². The molecule has 9 heteroatoms. The maximum Gasteiger partial charge on any atom is 0.472 e. The lowest BCUT2D eigenvalue weighted by Crippen LogP contribution is -2.46. The highest BCUT2D eigenvalue weighted by atomic mass is 31.2. The number of quaternary nitrogens is 1. The van der Waals surface area contributed by atoms with E-state index in [0.29, 0.717) is 23.9 Å². The van der Waals surface area contributed by atoms with Crippen molar-refractivity contribution in [1.29, 1.82) is 0 Å². The topological polar surface area (TPSA) is 105 Å². The standard InChI is InChI=1S/C64H129N2O6P/c1-6-8-10-12-14-16-18-20-22-24-26-27-28-29-30-31-32-33-34-35-36-37-38-39-40-42-44-46-48-50-52-54-56-58-64(68)65-62(61-72-73(69,70)71-60-59-66(3,4)5)63(67)57-55-53-51-49-47-45-43-41-25-23-21-19-17-15-13-11-9-7-2/h24,26,62-63,67H,6-23,25,27-61H2,1-5H3,(H-,65,68,69,70)/p+1/b26-24-. The van der Waals surface area contributed by atoms with Gasteiger partial charge in [-0.05, 0) is 38.5 Å². The molecule has 0 fully saturated rings. The van der Waals surface area contributed by atoms with Crippen LogP contribution < -0.4 is 5.32 Å². The molecule has 0 aliphatic carbocycles. The summed E-state index contributed by atoms with van der Waals surface area (Å²) in [5, 5.41) is 14.1. The Balaban J connectivity index is 3.97. The summed E-state index contributed by atoms with van der Waals surface area (Å²) in [7, 11) is 1.64. The minimum Gasteiger partial charge on any atom is -0.391 e. The van der Waals surface area contributed by atoms with E-state index in [0.717, 1.165) is 38.5 Å². The van der Waals surface area contributed by atoms with Crippen molar-refractivity contribution in [2.45, 2.75) is 353 Å². The van der Waals surface area contributed by atoms with Crippen molar-refractivity contribution in [2.75, 3.05) is 40.9 Å². The highest BCUT2D eigenvalue weighted by Crippen LogP contribution is 2.43. The van der Waals surface area contributed by atoms with E-state index < -0.39 is 20.0 Å². The number of carbonyl (C=O) groups excluding carboxylic acids is 1. The minimum absolute atomic E-state index is 0.0783. The molecular formula is C64H130N2O6P+. The van der Waals surface area contributed by atoms with Crippen molar-refractivity contribution in [2.24, 2.45) is 0 Å². The molecule has 0 aromatic heterocycles. The number of aliphatic hydroxyl groups is 1. The number of allylic oxidation sites excluding steroid dienone is 2. The number of nitrogens with one attached hydrogen (secondary N) is 1. The second kappa shape index (κ2) is 56.0. The summed E-state index contributed by atoms with van der Waals surface area (Å²) in [6.07, 6.45) is 70.1. The van der Waals surface area contributed by atoms with Crippen molar-refractivity contribution in [3.8, 4) is 0 Å². The van der Waals surface area contributed by atoms with Gasteiger partial charge < -0.3 is 19.8 Å². The number of aliphatic hydroxyl groups excluding tert-OH is 1. The number of hydrogen-bond donors (Lipinski definition) is 3. The summed E-state index contributed by atoms with van der Waals surface area (Å²) in [5.74, 6) is -0.136. The molecule has 0 spiro atoms. The van der Waals surface area contributed by atoms with Gasteiger partial charge in [-0.3, -0.25) is 13.8 Å². The summed E-state index contributed by atoms with van der Waals surface area (Å²) < 4.78 is 23.8. The fourth-order valence-electron chi connectivity index (χ4n) is 10.2. The third-order valence-electron chi connectivity index (χ3n) is 15.3. The molecule has 0 aliphatic rings. The highest BCUT2D eigenvalue weighted by molar-refractivity contribution is 7.47. The van der Waals surface area contributed by atoms with E-state index in [1.807, 2.05) is 21.1 Å². The van der Waals surface area contributed by atoms with Crippen molar-refractivity contribution < 1.29 is 32.9 Å². The van der Waals surface area contributed by atoms with E-state index in [1.165, 1.54) is 276 Å². The van der Waals surface area contributed by atoms with Crippen molar-refractivity contribution in [3.05, 3.63) is 12.2 Å². The van der Waals surface area contributed by atoms with Crippen LogP contribution in [0.5, 0.6) is 0 Å². The van der Waals surface area contributed by atoms with Gasteiger partial charge in [-0.25, -0.2) is 4.57 Å². The molecule has 0 bridgehead atoms. The van der Waals surface area contributed by atoms with Gasteiger partial charge >= 0.3 is 7.82 Å². The van der Waals surface area contributed by atoms with Crippen LogP contribution in [-0.4, -0.2) is 73.4 Å². The third kappa shape index (κ3) is 58.8. The first kappa shape index (κ1) is 72.2. The fraction of sp³-hybridized carbons (Fsp3) is 0.953. The Bertz CT molecular complexity index is 1200. The lowest BCUT2D eigenvalue weighted by atomic mass is 10.0. The average molecular weight is 1050 g/mol. The molecule has 0 aromatic rings. The fourth-order valence-corrected chi connectivity index (χ4v) is 10.9. The molecule has 3 N–H and O–H groups in total. The molecule has 0 saturated heterocycles. The molecule has 0 aliphatic heterocycles. The first-order valence-corrected chi connectivity index (χ1v) is 34.0. The monoisotopic (exact) mass is 1050 g/mol. The summed E-state index contributed by atoms with van der Waals surface area (Å²) in [6, 6.07) is -0.757. The maximum atomic E-state index is 13.0. The molecule has 3 atom stereocenters. The Morgan fingerprint density at radius 3 is 1.05 bits per heavy atom. The number of amides is 1. The molecule has 8 nitrogen and oxygen atoms in total. The van der Waals surface area contributed by atoms with Gasteiger partial charge in [-0.15, -0.1) is 0 Å². The second-order valence-electron chi connectivity index (χ2n) is 23.9. The zero-order chi connectivity index (χ0) is 53.5. The largest absolute Gasteiger partial charge is 0.472 e. The van der Waals surface area contributed by atoms with Gasteiger partial charge in [0.2, 0.25) is 5.91 Å². The molecule has 0 radical (unpaired) electrons. The molecule has 0 saturated carbocycles. The highest BCUT2D eigenvalue weighted by Gasteiger charge is 2.28. The van der Waals surface area contributed by atoms with Crippen LogP contribution in [0.3, 0.4) is 0 Å². The molecule has 3 unspecified atom stereocenters. The third-order valence-corrected chi connectivity index (χ3v) is 16.2. The average Bonchev–Trinajstić information content (AvgIpc) is 3.35. The van der Waals surface area contributed by atoms with Crippen LogP contribution in [0, 0.1) is 0 Å². The van der Waals surface area contributed by atoms with Gasteiger partial charge in [0.1, 0.15) is 13.2 Å². The first-order valence-electron chi connectivity index (χ1n) is 32.6. The number of phosphoric ester groups is 1. The summed E-state index contributed by atoms with van der Waals surface area (Å²) in [4.78, 5) is 23.4. The number of likely N-dealkylation sites (N-methyl/N-ethyl adjacent to an activating group) is 1. The van der Waals surface area contributed by atoms with E-state index in [2.05, 4.69) is 31.3 Å². The quantitative estimate of drug-likeness (QED) is 0.0243. The molecule has 436 valence electrons. The number of phosphoric acid groups is 1. The Labute approximate surface area is 456 Å². The SMILES string of the molecule is CCCCCCCCCC/C=C\CCCCCCCCCCCCCCCCCCCCCCCC(=O)NC(COP(=O)(O)OCC[N+](C)(C)C)C(O)CCCCCCCCCCCCCCCCCCCC. The lowest BCUT2D eigenvalue weighted by molar-refractivity contribution is -0.870. The van der Waals surface area contributed by atoms with Crippen LogP contribution in [-0.2, 0) is 18.4 Å². The summed E-state index contributed by atoms with van der Waals surface area (Å²) in [5.41, 5.74) is 0. The summed E-state index contributed by atoms with van der Waals surface area (Å²) in [6.45, 7) is 4.94. The Hall–Kier alpha value is -0.760. The first-order chi connectivity index (χ1) is 35.5. The van der Waals surface area contributed by atoms with E-state index in [9.17, 15) is 19.4 Å². The Kier molecular flexibility index (Phi) is 55.4. The smallest absolute Gasteiger partial charge is 0.391 e. The zero-order valence-electron chi connectivity index (χ0n) is 49.9. The zero-order valence-corrected chi connectivity index (χ0v) is 50.8. The van der Waals surface area contributed by atoms with E-state index in [-0.39, 0.29) is 19.1 Å². The van der Waals surface area contributed by atoms with Gasteiger partial charge in [0, 0.05) is 6.42 Å². The Morgan fingerprint density at radius 1 is 0.452 bits per heavy atom. The van der Waals surface area contributed by atoms with E-state index >= 15 is 0 Å². The van der Waals surface area contributed by atoms with E-state index in [1.54, 1.807) is 0 Å². The number of unbranched alkanes of at least 4 members (excludes halogenated alkanes) is 46. The maximum absolute atomic E-state index is 13.0. The van der Waals surface area contributed by atoms with Crippen LogP contribution in [0.4, 0.5) is 0 Å².